The predicted molar refractivity (Wildman–Crippen MR) is 38.3 cm³/mol. The molecule has 0 bridgehead atoms. The lowest BCUT2D eigenvalue weighted by molar-refractivity contribution is -0.146. The number of carbonyl (C=O) groups excluding carboxylic acids is 1. The Balaban J connectivity index is 3.73. The van der Waals surface area contributed by atoms with Gasteiger partial charge in [-0.05, 0) is 20.8 Å². The van der Waals surface area contributed by atoms with Gasteiger partial charge in [-0.25, -0.2) is 0 Å². The molecule has 58 valence electrons. The smallest absolute Gasteiger partial charge is 0.320 e. The molecule has 0 saturated carbocycles. The third kappa shape index (κ3) is 3.57. The quantitative estimate of drug-likeness (QED) is 0.467. The molecule has 0 amide bonds. The second kappa shape index (κ2) is 4.40. The average molecular weight is 162 g/mol. The maximum atomic E-state index is 10.8. The van der Waals surface area contributed by atoms with Crippen LogP contribution in [0.3, 0.4) is 0 Å². The topological polar surface area (TPSA) is 43.4 Å². The molecule has 0 radical (unpaired) electrons. The molecule has 0 unspecified atom stereocenters. The van der Waals surface area contributed by atoms with Crippen LogP contribution < -0.4 is 0 Å². The molecule has 0 aliphatic heterocycles. The van der Waals surface area contributed by atoms with Crippen LogP contribution in [0, 0.1) is 0 Å². The molecular formula is C6H11O3P. The zero-order valence-electron chi connectivity index (χ0n) is 6.33. The van der Waals surface area contributed by atoms with Gasteiger partial charge < -0.3 is 4.74 Å². The lowest BCUT2D eigenvalue weighted by Gasteiger charge is -2.07. The second-order valence-electron chi connectivity index (χ2n) is 2.27. The van der Waals surface area contributed by atoms with Crippen molar-refractivity contribution in [1.82, 2.24) is 0 Å². The van der Waals surface area contributed by atoms with Crippen molar-refractivity contribution in [3.05, 3.63) is 0 Å². The van der Waals surface area contributed by atoms with E-state index in [1.54, 1.807) is 20.8 Å². The number of rotatable bonds is 3. The highest BCUT2D eigenvalue weighted by Gasteiger charge is 2.14. The predicted octanol–water partition coefficient (Wildman–Crippen LogP) is 1.62. The summed E-state index contributed by atoms with van der Waals surface area (Å²) in [6.45, 7) is 5.07. The summed E-state index contributed by atoms with van der Waals surface area (Å²) in [5.41, 5.74) is -0.539. The first-order valence-electron chi connectivity index (χ1n) is 3.11. The van der Waals surface area contributed by atoms with Crippen molar-refractivity contribution in [2.24, 2.45) is 0 Å². The fourth-order valence-electron chi connectivity index (χ4n) is 0.374. The highest BCUT2D eigenvalue weighted by atomic mass is 31.1. The zero-order valence-corrected chi connectivity index (χ0v) is 7.22. The Morgan fingerprint density at radius 1 is 1.40 bits per heavy atom. The summed E-state index contributed by atoms with van der Waals surface area (Å²) in [6, 6.07) is 0. The SMILES string of the molecule is CC(C)OC(=O)[C@H](C)P=O. The van der Waals surface area contributed by atoms with Crippen molar-refractivity contribution < 1.29 is 14.1 Å². The van der Waals surface area contributed by atoms with Crippen molar-refractivity contribution in [3.8, 4) is 0 Å². The Bertz CT molecular complexity index is 133. The van der Waals surface area contributed by atoms with Crippen molar-refractivity contribution in [1.29, 1.82) is 0 Å². The van der Waals surface area contributed by atoms with Crippen molar-refractivity contribution in [2.45, 2.75) is 32.5 Å². The number of ether oxygens (including phenoxy) is 1. The van der Waals surface area contributed by atoms with Gasteiger partial charge in [0.2, 0.25) is 0 Å². The summed E-state index contributed by atoms with van der Waals surface area (Å²) in [5, 5.41) is 0. The molecule has 0 aromatic carbocycles. The van der Waals surface area contributed by atoms with E-state index in [4.69, 9.17) is 4.74 Å². The average Bonchev–Trinajstić information content (AvgIpc) is 1.85. The summed E-state index contributed by atoms with van der Waals surface area (Å²) in [5.74, 6) is -0.410. The first kappa shape index (κ1) is 9.57. The van der Waals surface area contributed by atoms with Crippen LogP contribution in [0.4, 0.5) is 0 Å². The van der Waals surface area contributed by atoms with E-state index in [2.05, 4.69) is 0 Å². The van der Waals surface area contributed by atoms with Crippen molar-refractivity contribution in [3.63, 3.8) is 0 Å². The molecule has 0 aliphatic rings. The minimum Gasteiger partial charge on any atom is -0.462 e. The maximum absolute atomic E-state index is 10.8. The largest absolute Gasteiger partial charge is 0.462 e. The lowest BCUT2D eigenvalue weighted by Crippen LogP contribution is -2.18. The Morgan fingerprint density at radius 2 is 1.90 bits per heavy atom. The first-order chi connectivity index (χ1) is 4.57. The van der Waals surface area contributed by atoms with Crippen LogP contribution in [0.15, 0.2) is 0 Å². The van der Waals surface area contributed by atoms with Gasteiger partial charge in [0.15, 0.2) is 8.46 Å². The summed E-state index contributed by atoms with van der Waals surface area (Å²) >= 11 is 0. The molecule has 1 atom stereocenters. The maximum Gasteiger partial charge on any atom is 0.320 e. The van der Waals surface area contributed by atoms with E-state index in [-0.39, 0.29) is 14.6 Å². The molecule has 0 N–H and O–H groups in total. The van der Waals surface area contributed by atoms with Crippen molar-refractivity contribution >= 4 is 14.4 Å². The molecule has 0 heterocycles. The van der Waals surface area contributed by atoms with Gasteiger partial charge >= 0.3 is 5.97 Å². The summed E-state index contributed by atoms with van der Waals surface area (Å²) in [4.78, 5) is 10.8. The Hall–Kier alpha value is -0.430. The standard InChI is InChI=1S/C6H11O3P/c1-4(2)9-6(7)5(3)10-8/h4-5H,1-3H3/t5-/m0/s1. The van der Waals surface area contributed by atoms with E-state index in [1.165, 1.54) is 0 Å². The van der Waals surface area contributed by atoms with E-state index in [1.807, 2.05) is 0 Å². The van der Waals surface area contributed by atoms with Crippen LogP contribution >= 0.6 is 8.46 Å². The summed E-state index contributed by atoms with van der Waals surface area (Å²) in [6.07, 6.45) is -0.128. The number of carbonyl (C=O) groups is 1. The number of esters is 1. The fraction of sp³-hybridized carbons (Fsp3) is 0.833. The molecule has 0 aromatic rings. The van der Waals surface area contributed by atoms with Crippen LogP contribution in [0.5, 0.6) is 0 Å². The zero-order chi connectivity index (χ0) is 8.15. The van der Waals surface area contributed by atoms with E-state index in [9.17, 15) is 9.36 Å². The fourth-order valence-corrected chi connectivity index (χ4v) is 0.521. The molecule has 0 rings (SSSR count). The van der Waals surface area contributed by atoms with Crippen molar-refractivity contribution in [2.75, 3.05) is 0 Å². The second-order valence-corrected chi connectivity index (χ2v) is 3.25. The van der Waals surface area contributed by atoms with Gasteiger partial charge in [-0.2, -0.15) is 0 Å². The number of hydrogen-bond donors (Lipinski definition) is 0. The van der Waals surface area contributed by atoms with Gasteiger partial charge in [0.25, 0.3) is 0 Å². The Morgan fingerprint density at radius 3 is 2.20 bits per heavy atom. The summed E-state index contributed by atoms with van der Waals surface area (Å²) in [7, 11) is -0.181. The van der Waals surface area contributed by atoms with Crippen LogP contribution in [0.2, 0.25) is 0 Å². The number of hydrogen-bond acceptors (Lipinski definition) is 3. The molecule has 0 aliphatic carbocycles. The van der Waals surface area contributed by atoms with Crippen LogP contribution in [0.1, 0.15) is 20.8 Å². The van der Waals surface area contributed by atoms with Gasteiger partial charge in [-0.15, -0.1) is 0 Å². The lowest BCUT2D eigenvalue weighted by atomic mass is 10.4. The van der Waals surface area contributed by atoms with E-state index < -0.39 is 11.6 Å². The van der Waals surface area contributed by atoms with Crippen LogP contribution in [0.25, 0.3) is 0 Å². The Labute approximate surface area is 62.0 Å². The minimum atomic E-state index is -0.539. The van der Waals surface area contributed by atoms with Gasteiger partial charge in [-0.1, -0.05) is 0 Å². The van der Waals surface area contributed by atoms with Gasteiger partial charge in [-0.3, -0.25) is 9.36 Å². The molecule has 3 nitrogen and oxygen atoms in total. The van der Waals surface area contributed by atoms with Gasteiger partial charge in [0, 0.05) is 0 Å². The van der Waals surface area contributed by atoms with Crippen LogP contribution in [-0.4, -0.2) is 17.7 Å². The highest BCUT2D eigenvalue weighted by molar-refractivity contribution is 7.26. The molecule has 0 saturated heterocycles. The monoisotopic (exact) mass is 162 g/mol. The summed E-state index contributed by atoms with van der Waals surface area (Å²) < 4.78 is 14.9. The van der Waals surface area contributed by atoms with E-state index in [0.29, 0.717) is 0 Å². The van der Waals surface area contributed by atoms with Gasteiger partial charge in [0.1, 0.15) is 5.66 Å². The first-order valence-corrected chi connectivity index (χ1v) is 3.99. The molecule has 4 heteroatoms. The molecular weight excluding hydrogens is 151 g/mol. The highest BCUT2D eigenvalue weighted by Crippen LogP contribution is 2.07. The third-order valence-corrected chi connectivity index (χ3v) is 1.38. The molecule has 10 heavy (non-hydrogen) atoms. The van der Waals surface area contributed by atoms with E-state index >= 15 is 0 Å². The Kier molecular flexibility index (Phi) is 4.21. The molecule has 0 aromatic heterocycles. The third-order valence-electron chi connectivity index (χ3n) is 0.851. The molecule has 0 fully saturated rings. The van der Waals surface area contributed by atoms with Gasteiger partial charge in [0.05, 0.1) is 6.10 Å². The minimum absolute atomic E-state index is 0.128. The van der Waals surface area contributed by atoms with Crippen LogP contribution in [-0.2, 0) is 14.1 Å². The molecule has 0 spiro atoms. The normalized spacial score (nSPS) is 13.6. The van der Waals surface area contributed by atoms with E-state index in [0.717, 1.165) is 0 Å².